The minimum Gasteiger partial charge on any atom is -0.292 e. The fourth-order valence-corrected chi connectivity index (χ4v) is 2.41. The largest absolute Gasteiger partial charge is 0.292 e. The Morgan fingerprint density at radius 2 is 1.90 bits per heavy atom. The highest BCUT2D eigenvalue weighted by Gasteiger charge is 2.11. The highest BCUT2D eigenvalue weighted by molar-refractivity contribution is 14.1. The smallest absolute Gasteiger partial charge is 0.267 e. The van der Waals surface area contributed by atoms with Crippen LogP contribution >= 0.6 is 22.6 Å². The maximum atomic E-state index is 12.3. The summed E-state index contributed by atoms with van der Waals surface area (Å²) in [5.74, 6) is 0.341. The number of nitrogens with zero attached hydrogens (tertiary/aromatic N) is 2. The van der Waals surface area contributed by atoms with Crippen LogP contribution in [0.4, 0.5) is 0 Å². The topological polar surface area (TPSA) is 52.0 Å². The molecule has 0 spiro atoms. The van der Waals surface area contributed by atoms with Crippen LogP contribution in [0.25, 0.3) is 0 Å². The quantitative estimate of drug-likeness (QED) is 0.590. The molecule has 1 aromatic carbocycles. The molecule has 0 bridgehead atoms. The second-order valence-electron chi connectivity index (χ2n) is 5.28. The van der Waals surface area contributed by atoms with Gasteiger partial charge in [-0.1, -0.05) is 38.1 Å². The van der Waals surface area contributed by atoms with Gasteiger partial charge in [0.05, 0.1) is 22.1 Å². The summed E-state index contributed by atoms with van der Waals surface area (Å²) < 4.78 is 1.91. The number of carbonyl (C=O) groups excluding carboxylic acids is 1. The van der Waals surface area contributed by atoms with Crippen molar-refractivity contribution in [3.63, 3.8) is 0 Å². The van der Waals surface area contributed by atoms with E-state index in [1.807, 2.05) is 46.9 Å². The van der Waals surface area contributed by atoms with Gasteiger partial charge in [0.2, 0.25) is 0 Å². The Kier molecular flexibility index (Phi) is 4.92. The van der Waals surface area contributed by atoms with Crippen LogP contribution in [0.3, 0.4) is 0 Å². The second-order valence-corrected chi connectivity index (χ2v) is 6.36. The fourth-order valence-electron chi connectivity index (χ4n) is 1.96. The molecule has 0 fully saturated rings. The van der Waals surface area contributed by atoms with Gasteiger partial charge in [0.1, 0.15) is 0 Å². The van der Waals surface area contributed by atoms with E-state index in [1.54, 1.807) is 6.92 Å². The van der Waals surface area contributed by atoms with Gasteiger partial charge in [-0.3, -0.25) is 14.2 Å². The molecule has 0 saturated carbocycles. The summed E-state index contributed by atoms with van der Waals surface area (Å²) >= 11 is 1.96. The zero-order chi connectivity index (χ0) is 15.6. The summed E-state index contributed by atoms with van der Waals surface area (Å²) in [6.45, 7) is 6.01. The van der Waals surface area contributed by atoms with Crippen molar-refractivity contribution in [3.05, 3.63) is 61.3 Å². The van der Waals surface area contributed by atoms with E-state index >= 15 is 0 Å². The van der Waals surface area contributed by atoms with Crippen LogP contribution in [-0.4, -0.2) is 15.3 Å². The third kappa shape index (κ3) is 3.58. The van der Waals surface area contributed by atoms with Gasteiger partial charge < -0.3 is 0 Å². The van der Waals surface area contributed by atoms with Gasteiger partial charge in [0, 0.05) is 5.56 Å². The third-order valence-corrected chi connectivity index (χ3v) is 4.61. The molecule has 5 heteroatoms. The Morgan fingerprint density at radius 3 is 2.48 bits per heavy atom. The van der Waals surface area contributed by atoms with Crippen molar-refractivity contribution < 1.29 is 4.79 Å². The van der Waals surface area contributed by atoms with Crippen LogP contribution in [0.2, 0.25) is 0 Å². The van der Waals surface area contributed by atoms with E-state index < -0.39 is 0 Å². The first-order chi connectivity index (χ1) is 9.90. The Bertz CT molecular complexity index is 718. The number of Topliss-reactive ketones (excluding diaryl/α,β-unsaturated/α-hetero) is 1. The van der Waals surface area contributed by atoms with E-state index in [4.69, 9.17) is 0 Å². The molecule has 1 aromatic heterocycles. The van der Waals surface area contributed by atoms with E-state index in [1.165, 1.54) is 16.5 Å². The summed E-state index contributed by atoms with van der Waals surface area (Å²) in [6, 6.07) is 7.54. The summed E-state index contributed by atoms with van der Waals surface area (Å²) in [5.41, 5.74) is 2.32. The Balaban J connectivity index is 2.22. The molecule has 0 radical (unpaired) electrons. The molecule has 2 rings (SSSR count). The highest BCUT2D eigenvalue weighted by atomic mass is 127. The maximum Gasteiger partial charge on any atom is 0.267 e. The molecule has 0 saturated heterocycles. The third-order valence-electron chi connectivity index (χ3n) is 3.37. The molecule has 0 atom stereocenters. The first-order valence-corrected chi connectivity index (χ1v) is 7.82. The molecule has 0 N–H and O–H groups in total. The average Bonchev–Trinajstić information content (AvgIpc) is 2.48. The van der Waals surface area contributed by atoms with Crippen molar-refractivity contribution in [1.29, 1.82) is 0 Å². The van der Waals surface area contributed by atoms with Crippen molar-refractivity contribution >= 4 is 28.4 Å². The van der Waals surface area contributed by atoms with Crippen LogP contribution in [0, 0.1) is 10.5 Å². The van der Waals surface area contributed by atoms with Gasteiger partial charge >= 0.3 is 0 Å². The molecule has 2 aromatic rings. The lowest BCUT2D eigenvalue weighted by Crippen LogP contribution is -2.27. The van der Waals surface area contributed by atoms with Crippen LogP contribution in [0.1, 0.15) is 41.4 Å². The first-order valence-electron chi connectivity index (χ1n) is 6.75. The van der Waals surface area contributed by atoms with E-state index in [0.29, 0.717) is 20.7 Å². The summed E-state index contributed by atoms with van der Waals surface area (Å²) in [5, 5.41) is 0. The Labute approximate surface area is 137 Å². The molecule has 0 amide bonds. The lowest BCUT2D eigenvalue weighted by Gasteiger charge is -2.08. The molecular formula is C16H17IN2O2. The SMILES string of the molecule is Cc1ncn(CC(=O)c2ccc(C(C)C)cc2)c(=O)c1I. The molecular weight excluding hydrogens is 379 g/mol. The minimum absolute atomic E-state index is 0.0170. The first kappa shape index (κ1) is 15.9. The van der Waals surface area contributed by atoms with E-state index in [0.717, 1.165) is 0 Å². The Morgan fingerprint density at radius 1 is 1.29 bits per heavy atom. The number of hydrogen-bond donors (Lipinski definition) is 0. The van der Waals surface area contributed by atoms with Crippen LogP contribution < -0.4 is 5.56 Å². The number of rotatable bonds is 4. The van der Waals surface area contributed by atoms with Crippen molar-refractivity contribution in [3.8, 4) is 0 Å². The molecule has 4 nitrogen and oxygen atoms in total. The molecule has 0 aliphatic rings. The molecule has 1 heterocycles. The van der Waals surface area contributed by atoms with Crippen molar-refractivity contribution in [1.82, 2.24) is 9.55 Å². The average molecular weight is 396 g/mol. The summed E-state index contributed by atoms with van der Waals surface area (Å²) in [6.07, 6.45) is 1.43. The molecule has 110 valence electrons. The van der Waals surface area contributed by atoms with Crippen LogP contribution in [0.15, 0.2) is 35.4 Å². The van der Waals surface area contributed by atoms with E-state index in [-0.39, 0.29) is 17.9 Å². The number of benzene rings is 1. The normalized spacial score (nSPS) is 10.9. The van der Waals surface area contributed by atoms with Crippen LogP contribution in [0.5, 0.6) is 0 Å². The van der Waals surface area contributed by atoms with Gasteiger partial charge in [-0.25, -0.2) is 4.98 Å². The molecule has 0 unspecified atom stereocenters. The van der Waals surface area contributed by atoms with Gasteiger partial charge in [0.15, 0.2) is 5.78 Å². The van der Waals surface area contributed by atoms with Gasteiger partial charge in [-0.05, 0) is 41.0 Å². The number of aryl methyl sites for hydroxylation is 1. The number of aromatic nitrogens is 2. The lowest BCUT2D eigenvalue weighted by molar-refractivity contribution is 0.0970. The fraction of sp³-hybridized carbons (Fsp3) is 0.312. The number of carbonyl (C=O) groups is 1. The second kappa shape index (κ2) is 6.51. The zero-order valence-corrected chi connectivity index (χ0v) is 14.4. The van der Waals surface area contributed by atoms with Crippen molar-refractivity contribution in [2.24, 2.45) is 0 Å². The van der Waals surface area contributed by atoms with Crippen LogP contribution in [-0.2, 0) is 6.54 Å². The molecule has 0 aliphatic heterocycles. The van der Waals surface area contributed by atoms with Crippen molar-refractivity contribution in [2.75, 3.05) is 0 Å². The summed E-state index contributed by atoms with van der Waals surface area (Å²) in [7, 11) is 0. The maximum absolute atomic E-state index is 12.3. The number of halogens is 1. The summed E-state index contributed by atoms with van der Waals surface area (Å²) in [4.78, 5) is 28.4. The molecule has 0 aliphatic carbocycles. The van der Waals surface area contributed by atoms with E-state index in [2.05, 4.69) is 18.8 Å². The minimum atomic E-state index is -0.171. The Hall–Kier alpha value is -1.50. The van der Waals surface area contributed by atoms with E-state index in [9.17, 15) is 9.59 Å². The van der Waals surface area contributed by atoms with Gasteiger partial charge in [0.25, 0.3) is 5.56 Å². The molecule has 21 heavy (non-hydrogen) atoms. The number of hydrogen-bond acceptors (Lipinski definition) is 3. The van der Waals surface area contributed by atoms with Gasteiger partial charge in [-0.15, -0.1) is 0 Å². The van der Waals surface area contributed by atoms with Crippen molar-refractivity contribution in [2.45, 2.75) is 33.2 Å². The zero-order valence-electron chi connectivity index (χ0n) is 12.3. The lowest BCUT2D eigenvalue weighted by atomic mass is 10.0. The predicted molar refractivity (Wildman–Crippen MR) is 90.8 cm³/mol. The highest BCUT2D eigenvalue weighted by Crippen LogP contribution is 2.15. The predicted octanol–water partition coefficient (Wildman–Crippen LogP) is 3.16. The van der Waals surface area contributed by atoms with Gasteiger partial charge in [-0.2, -0.15) is 0 Å². The number of ketones is 1. The standard InChI is InChI=1S/C16H17IN2O2/c1-10(2)12-4-6-13(7-5-12)14(20)8-19-9-18-11(3)15(17)16(19)21/h4-7,9-10H,8H2,1-3H3. The monoisotopic (exact) mass is 396 g/mol.